The van der Waals surface area contributed by atoms with Gasteiger partial charge < -0.3 is 4.84 Å². The van der Waals surface area contributed by atoms with Crippen molar-refractivity contribution in [1.29, 1.82) is 0 Å². The quantitative estimate of drug-likeness (QED) is 0.308. The van der Waals surface area contributed by atoms with Crippen molar-refractivity contribution < 1.29 is 14.6 Å². The van der Waals surface area contributed by atoms with Gasteiger partial charge in [-0.05, 0) is 86.2 Å². The summed E-state index contributed by atoms with van der Waals surface area (Å²) in [7, 11) is 0. The largest absolute Gasteiger partial charge is 0.357 e. The number of nitro benzene ring substituents is 1. The molecule has 1 aromatic rings. The first kappa shape index (κ1) is 21.9. The number of nitro groups is 1. The normalized spacial score (nSPS) is 42.2. The van der Waals surface area contributed by atoms with Gasteiger partial charge in [0.25, 0.3) is 5.69 Å². The summed E-state index contributed by atoms with van der Waals surface area (Å²) in [5.74, 6) is 3.30. The van der Waals surface area contributed by atoms with Crippen LogP contribution < -0.4 is 4.84 Å². The molecule has 0 spiro atoms. The van der Waals surface area contributed by atoms with Crippen molar-refractivity contribution in [2.24, 2.45) is 39.7 Å². The Bertz CT molecular complexity index is 963. The zero-order chi connectivity index (χ0) is 22.7. The van der Waals surface area contributed by atoms with Gasteiger partial charge in [0.2, 0.25) is 0 Å². The number of non-ortho nitro benzene ring substituents is 1. The van der Waals surface area contributed by atoms with E-state index in [4.69, 9.17) is 16.4 Å². The van der Waals surface area contributed by atoms with Gasteiger partial charge in [-0.25, -0.2) is 0 Å². The smallest absolute Gasteiger partial charge is 0.269 e. The Morgan fingerprint density at radius 2 is 1.88 bits per heavy atom. The molecule has 4 saturated carbocycles. The van der Waals surface area contributed by atoms with Crippen molar-refractivity contribution in [3.8, 4) is 5.75 Å². The average molecular weight is 459 g/mol. The van der Waals surface area contributed by atoms with Crippen molar-refractivity contribution >= 4 is 28.8 Å². The standard InChI is InChI=1S/C25H31ClN2O4/c1-24-12-11-20-18(19(24)9-10-23(24)29)8-3-15-13-22(21(26)14-25(15,20)2)27-32-17-6-4-16(5-7-17)28(30)31/h4-7,15,18-21H,3,8-14H2,1-2H3/b27-22+/t15-,18-,19-,20-,21+,24-,25-/m0/s1. The molecule has 5 rings (SSSR count). The molecule has 0 radical (unpaired) electrons. The maximum atomic E-state index is 12.6. The number of benzene rings is 1. The van der Waals surface area contributed by atoms with E-state index in [2.05, 4.69) is 19.0 Å². The molecule has 0 aromatic heterocycles. The molecule has 7 heteroatoms. The Labute approximate surface area is 193 Å². The van der Waals surface area contributed by atoms with Gasteiger partial charge >= 0.3 is 0 Å². The lowest BCUT2D eigenvalue weighted by molar-refractivity contribution is -0.384. The molecule has 0 aliphatic heterocycles. The summed E-state index contributed by atoms with van der Waals surface area (Å²) in [5.41, 5.74) is 0.986. The van der Waals surface area contributed by atoms with Gasteiger partial charge in [0.1, 0.15) is 5.78 Å². The SMILES string of the molecule is C[C@]12C[C@@H](Cl)/C(=N/Oc3ccc([N+](=O)[O-])cc3)C[C@@H]1CC[C@@H]1[C@@H]2CC[C@]2(C)C(=O)CC[C@@H]12. The molecule has 4 fully saturated rings. The Hall–Kier alpha value is -1.95. The molecule has 0 saturated heterocycles. The average Bonchev–Trinajstić information content (AvgIpc) is 3.07. The summed E-state index contributed by atoms with van der Waals surface area (Å²) in [6.45, 7) is 4.65. The minimum absolute atomic E-state index is 0.0259. The molecule has 0 N–H and O–H groups in total. The van der Waals surface area contributed by atoms with Crippen LogP contribution in [-0.2, 0) is 4.79 Å². The van der Waals surface area contributed by atoms with Crippen molar-refractivity contribution in [1.82, 2.24) is 0 Å². The highest BCUT2D eigenvalue weighted by atomic mass is 35.5. The first-order valence-electron chi connectivity index (χ1n) is 11.9. The first-order chi connectivity index (χ1) is 15.2. The summed E-state index contributed by atoms with van der Waals surface area (Å²) in [6, 6.07) is 5.95. The Morgan fingerprint density at radius 3 is 2.59 bits per heavy atom. The second-order valence-corrected chi connectivity index (χ2v) is 11.4. The second-order valence-electron chi connectivity index (χ2n) is 10.9. The number of halogens is 1. The fourth-order valence-electron chi connectivity index (χ4n) is 7.68. The number of fused-ring (bicyclic) bond motifs is 5. The molecule has 6 nitrogen and oxygen atoms in total. The predicted molar refractivity (Wildman–Crippen MR) is 123 cm³/mol. The minimum atomic E-state index is -0.432. The van der Waals surface area contributed by atoms with E-state index < -0.39 is 4.92 Å². The van der Waals surface area contributed by atoms with E-state index in [1.807, 2.05) is 0 Å². The Balaban J connectivity index is 1.31. The molecule has 4 aliphatic rings. The van der Waals surface area contributed by atoms with Crippen molar-refractivity contribution in [3.63, 3.8) is 0 Å². The van der Waals surface area contributed by atoms with Crippen LogP contribution in [0.4, 0.5) is 5.69 Å². The Morgan fingerprint density at radius 1 is 1.12 bits per heavy atom. The molecular weight excluding hydrogens is 428 g/mol. The van der Waals surface area contributed by atoms with Crippen molar-refractivity contribution in [3.05, 3.63) is 34.4 Å². The van der Waals surface area contributed by atoms with Gasteiger partial charge in [-0.15, -0.1) is 11.6 Å². The number of ketones is 1. The maximum absolute atomic E-state index is 12.6. The van der Waals surface area contributed by atoms with E-state index in [1.165, 1.54) is 18.6 Å². The topological polar surface area (TPSA) is 81.8 Å². The van der Waals surface area contributed by atoms with Crippen LogP contribution in [0.2, 0.25) is 0 Å². The third kappa shape index (κ3) is 3.37. The van der Waals surface area contributed by atoms with Gasteiger partial charge in [0.05, 0.1) is 16.0 Å². The van der Waals surface area contributed by atoms with E-state index in [9.17, 15) is 14.9 Å². The maximum Gasteiger partial charge on any atom is 0.269 e. The van der Waals surface area contributed by atoms with Gasteiger partial charge in [-0.3, -0.25) is 14.9 Å². The second kappa shape index (κ2) is 7.82. The number of alkyl halides is 1. The molecule has 4 aliphatic carbocycles. The number of rotatable bonds is 3. The van der Waals surface area contributed by atoms with Crippen LogP contribution >= 0.6 is 11.6 Å². The lowest BCUT2D eigenvalue weighted by Crippen LogP contribution is -2.55. The van der Waals surface area contributed by atoms with E-state index in [0.29, 0.717) is 35.2 Å². The summed E-state index contributed by atoms with van der Waals surface area (Å²) in [4.78, 5) is 28.6. The lowest BCUT2D eigenvalue weighted by Gasteiger charge is -2.60. The van der Waals surface area contributed by atoms with E-state index >= 15 is 0 Å². The number of carbonyl (C=O) groups excluding carboxylic acids is 1. The zero-order valence-corrected chi connectivity index (χ0v) is 19.5. The molecule has 32 heavy (non-hydrogen) atoms. The van der Waals surface area contributed by atoms with Gasteiger partial charge in [-0.2, -0.15) is 0 Å². The summed E-state index contributed by atoms with van der Waals surface area (Å²) >= 11 is 6.86. The molecule has 0 amide bonds. The predicted octanol–water partition coefficient (Wildman–Crippen LogP) is 6.16. The summed E-state index contributed by atoms with van der Waals surface area (Å²) < 4.78 is 0. The monoisotopic (exact) mass is 458 g/mol. The van der Waals surface area contributed by atoms with Crippen molar-refractivity contribution in [2.45, 2.75) is 70.6 Å². The van der Waals surface area contributed by atoms with Crippen LogP contribution in [0.15, 0.2) is 29.4 Å². The molecule has 172 valence electrons. The zero-order valence-electron chi connectivity index (χ0n) is 18.8. The van der Waals surface area contributed by atoms with E-state index in [1.54, 1.807) is 12.1 Å². The van der Waals surface area contributed by atoms with Crippen molar-refractivity contribution in [2.75, 3.05) is 0 Å². The highest BCUT2D eigenvalue weighted by Gasteiger charge is 2.60. The molecule has 1 aromatic carbocycles. The van der Waals surface area contributed by atoms with Crippen LogP contribution in [0.3, 0.4) is 0 Å². The number of Topliss-reactive ketones (excluding diaryl/α,β-unsaturated/α-hetero) is 1. The van der Waals surface area contributed by atoms with Crippen LogP contribution in [0, 0.1) is 44.6 Å². The summed E-state index contributed by atoms with van der Waals surface area (Å²) in [5, 5.41) is 15.0. The molecular formula is C25H31ClN2O4. The lowest BCUT2D eigenvalue weighted by atomic mass is 9.45. The van der Waals surface area contributed by atoms with Crippen LogP contribution in [0.25, 0.3) is 0 Å². The molecule has 7 atom stereocenters. The number of hydrogen-bond donors (Lipinski definition) is 0. The van der Waals surface area contributed by atoms with Gasteiger partial charge in [-0.1, -0.05) is 19.0 Å². The Kier molecular flexibility index (Phi) is 5.35. The highest BCUT2D eigenvalue weighted by molar-refractivity contribution is 6.32. The third-order valence-electron chi connectivity index (χ3n) is 9.53. The highest BCUT2D eigenvalue weighted by Crippen LogP contribution is 2.65. The van der Waals surface area contributed by atoms with Gasteiger partial charge in [0, 0.05) is 24.0 Å². The van der Waals surface area contributed by atoms with Gasteiger partial charge in [0.15, 0.2) is 5.75 Å². The fourth-order valence-corrected chi connectivity index (χ4v) is 8.14. The van der Waals surface area contributed by atoms with Crippen LogP contribution in [0.1, 0.15) is 65.2 Å². The van der Waals surface area contributed by atoms with Crippen LogP contribution in [-0.4, -0.2) is 21.8 Å². The molecule has 0 heterocycles. The summed E-state index contributed by atoms with van der Waals surface area (Å²) in [6.07, 6.45) is 8.06. The minimum Gasteiger partial charge on any atom is -0.357 e. The third-order valence-corrected chi connectivity index (χ3v) is 9.93. The first-order valence-corrected chi connectivity index (χ1v) is 12.3. The number of nitrogens with zero attached hydrogens (tertiary/aromatic N) is 2. The van der Waals surface area contributed by atoms with E-state index in [0.717, 1.165) is 50.7 Å². The van der Waals surface area contributed by atoms with E-state index in [-0.39, 0.29) is 21.9 Å². The fraction of sp³-hybridized carbons (Fsp3) is 0.680. The number of hydrogen-bond acceptors (Lipinski definition) is 5. The molecule has 0 unspecified atom stereocenters. The number of oxime groups is 1. The van der Waals surface area contributed by atoms with Crippen LogP contribution in [0.5, 0.6) is 5.75 Å². The number of carbonyl (C=O) groups is 1. The molecule has 0 bridgehead atoms.